The molecule has 6 heteroatoms. The van der Waals surface area contributed by atoms with Crippen molar-refractivity contribution in [2.24, 2.45) is 23.5 Å². The molecule has 0 bridgehead atoms. The molecule has 1 aliphatic carbocycles. The molecule has 0 saturated heterocycles. The van der Waals surface area contributed by atoms with Crippen LogP contribution in [0.2, 0.25) is 0 Å². The number of benzene rings is 1. The molecule has 3 N–H and O–H groups in total. The van der Waals surface area contributed by atoms with Gasteiger partial charge in [-0.05, 0) is 63.6 Å². The lowest BCUT2D eigenvalue weighted by Crippen LogP contribution is -2.48. The van der Waals surface area contributed by atoms with Gasteiger partial charge >= 0.3 is 0 Å². The van der Waals surface area contributed by atoms with Crippen molar-refractivity contribution in [3.63, 3.8) is 0 Å². The molecule has 1 aliphatic rings. The van der Waals surface area contributed by atoms with Crippen LogP contribution >= 0.6 is 0 Å². The normalized spacial score (nSPS) is 17.3. The summed E-state index contributed by atoms with van der Waals surface area (Å²) in [5.74, 6) is -2.81. The van der Waals surface area contributed by atoms with Gasteiger partial charge in [0.05, 0.1) is 0 Å². The molecule has 0 spiro atoms. The van der Waals surface area contributed by atoms with Gasteiger partial charge in [0.15, 0.2) is 0 Å². The van der Waals surface area contributed by atoms with Crippen molar-refractivity contribution in [1.29, 1.82) is 0 Å². The van der Waals surface area contributed by atoms with Crippen molar-refractivity contribution in [3.05, 3.63) is 35.4 Å². The van der Waals surface area contributed by atoms with Crippen LogP contribution in [0, 0.1) is 29.4 Å². The van der Waals surface area contributed by atoms with E-state index in [1.165, 1.54) is 12.1 Å². The van der Waals surface area contributed by atoms with Crippen LogP contribution in [-0.4, -0.2) is 17.4 Å². The topological polar surface area (TPSA) is 72.2 Å². The van der Waals surface area contributed by atoms with Crippen LogP contribution in [0.3, 0.4) is 0 Å². The summed E-state index contributed by atoms with van der Waals surface area (Å²) in [6, 6.07) is 3.32. The smallest absolute Gasteiger partial charge is 0.224 e. The van der Waals surface area contributed by atoms with Gasteiger partial charge in [0.1, 0.15) is 11.6 Å². The first-order valence-corrected chi connectivity index (χ1v) is 10.1. The third-order valence-corrected chi connectivity index (χ3v) is 5.41. The van der Waals surface area contributed by atoms with Gasteiger partial charge in [0.2, 0.25) is 11.8 Å². The van der Waals surface area contributed by atoms with Crippen LogP contribution in [0.25, 0.3) is 0 Å². The number of carbonyl (C=O) groups excluding carboxylic acids is 2. The van der Waals surface area contributed by atoms with Gasteiger partial charge in [-0.25, -0.2) is 8.78 Å². The average Bonchev–Trinajstić information content (AvgIpc) is 3.04. The Morgan fingerprint density at radius 2 is 1.68 bits per heavy atom. The molecule has 2 amide bonds. The molecular weight excluding hydrogens is 362 g/mol. The molecule has 1 fully saturated rings. The molecule has 1 aromatic rings. The van der Waals surface area contributed by atoms with E-state index >= 15 is 0 Å². The second kappa shape index (κ2) is 9.48. The van der Waals surface area contributed by atoms with Crippen molar-refractivity contribution in [3.8, 4) is 0 Å². The molecule has 2 atom stereocenters. The third-order valence-electron chi connectivity index (χ3n) is 5.41. The molecule has 0 aromatic heterocycles. The number of primary amides is 1. The van der Waals surface area contributed by atoms with Crippen molar-refractivity contribution >= 4 is 11.8 Å². The Morgan fingerprint density at radius 1 is 1.11 bits per heavy atom. The minimum Gasteiger partial charge on any atom is -0.369 e. The highest BCUT2D eigenvalue weighted by Crippen LogP contribution is 2.34. The van der Waals surface area contributed by atoms with Crippen molar-refractivity contribution in [2.75, 3.05) is 0 Å². The van der Waals surface area contributed by atoms with E-state index in [0.29, 0.717) is 17.9 Å². The zero-order valence-corrected chi connectivity index (χ0v) is 17.1. The molecule has 4 nitrogen and oxygen atoms in total. The Morgan fingerprint density at radius 3 is 2.18 bits per heavy atom. The predicted octanol–water partition coefficient (Wildman–Crippen LogP) is 4.11. The minimum atomic E-state index is -0.672. The largest absolute Gasteiger partial charge is 0.369 e. The summed E-state index contributed by atoms with van der Waals surface area (Å²) in [7, 11) is 0. The number of nitrogens with one attached hydrogen (secondary N) is 1. The molecular formula is C22H32F2N2O2. The Bertz CT molecular complexity index is 674. The second-order valence-corrected chi connectivity index (χ2v) is 9.06. The summed E-state index contributed by atoms with van der Waals surface area (Å²) in [6.07, 6.45) is 5.58. The monoisotopic (exact) mass is 394 g/mol. The lowest BCUT2D eigenvalue weighted by molar-refractivity contribution is -0.135. The number of carbonyl (C=O) groups is 2. The molecule has 0 aliphatic heterocycles. The van der Waals surface area contributed by atoms with Crippen molar-refractivity contribution in [2.45, 2.75) is 71.3 Å². The Hall–Kier alpha value is -1.98. The Labute approximate surface area is 166 Å². The van der Waals surface area contributed by atoms with Crippen molar-refractivity contribution < 1.29 is 18.4 Å². The van der Waals surface area contributed by atoms with Gasteiger partial charge < -0.3 is 11.1 Å². The number of hydrogen-bond donors (Lipinski definition) is 2. The molecule has 1 aromatic carbocycles. The van der Waals surface area contributed by atoms with Crippen LogP contribution in [0.4, 0.5) is 8.78 Å². The summed E-state index contributed by atoms with van der Waals surface area (Å²) in [6.45, 7) is 5.69. The fourth-order valence-corrected chi connectivity index (χ4v) is 4.14. The number of aryl methyl sites for hydroxylation is 1. The van der Waals surface area contributed by atoms with Crippen LogP contribution in [0.15, 0.2) is 18.2 Å². The SMILES string of the molecule is CC(C)(C)NC(=O)[C@H](CC1CCCC1)[C@H](CCc1cc(F)cc(F)c1)C(N)=O. The lowest BCUT2D eigenvalue weighted by atomic mass is 9.79. The van der Waals surface area contributed by atoms with Gasteiger partial charge in [0, 0.05) is 23.4 Å². The maximum absolute atomic E-state index is 13.5. The number of halogens is 2. The maximum Gasteiger partial charge on any atom is 0.224 e. The summed E-state index contributed by atoms with van der Waals surface area (Å²) in [5, 5.41) is 2.98. The average molecular weight is 395 g/mol. The molecule has 28 heavy (non-hydrogen) atoms. The van der Waals surface area contributed by atoms with E-state index in [4.69, 9.17) is 5.73 Å². The lowest BCUT2D eigenvalue weighted by Gasteiger charge is -2.30. The van der Waals surface area contributed by atoms with Gasteiger partial charge in [-0.15, -0.1) is 0 Å². The van der Waals surface area contributed by atoms with E-state index in [9.17, 15) is 18.4 Å². The van der Waals surface area contributed by atoms with Crippen molar-refractivity contribution in [1.82, 2.24) is 5.32 Å². The highest BCUT2D eigenvalue weighted by atomic mass is 19.1. The predicted molar refractivity (Wildman–Crippen MR) is 105 cm³/mol. The Kier molecular flexibility index (Phi) is 7.55. The fraction of sp³-hybridized carbons (Fsp3) is 0.636. The first kappa shape index (κ1) is 22.3. The molecule has 1 saturated carbocycles. The number of rotatable bonds is 8. The number of hydrogen-bond acceptors (Lipinski definition) is 2. The molecule has 0 unspecified atom stereocenters. The highest BCUT2D eigenvalue weighted by molar-refractivity contribution is 5.87. The second-order valence-electron chi connectivity index (χ2n) is 9.06. The molecule has 2 rings (SSSR count). The van der Waals surface area contributed by atoms with E-state index in [1.807, 2.05) is 20.8 Å². The highest BCUT2D eigenvalue weighted by Gasteiger charge is 2.36. The van der Waals surface area contributed by atoms with E-state index in [0.717, 1.165) is 31.7 Å². The van der Waals surface area contributed by atoms with E-state index < -0.39 is 34.9 Å². The first-order chi connectivity index (χ1) is 13.0. The van der Waals surface area contributed by atoms with Crippen LogP contribution in [-0.2, 0) is 16.0 Å². The number of amides is 2. The molecule has 0 heterocycles. The summed E-state index contributed by atoms with van der Waals surface area (Å²) < 4.78 is 26.9. The maximum atomic E-state index is 13.5. The standard InChI is InChI=1S/C22H32F2N2O2/c1-22(2,3)26-21(28)19(12-14-6-4-5-7-14)18(20(25)27)9-8-15-10-16(23)13-17(24)11-15/h10-11,13-14,18-19H,4-9,12H2,1-3H3,(H2,25,27)(H,26,28)/t18-,19+/m0/s1. The zero-order chi connectivity index (χ0) is 20.9. The fourth-order valence-electron chi connectivity index (χ4n) is 4.14. The van der Waals surface area contributed by atoms with E-state index in [-0.39, 0.29) is 18.7 Å². The van der Waals surface area contributed by atoms with Crippen LogP contribution in [0.5, 0.6) is 0 Å². The van der Waals surface area contributed by atoms with Crippen LogP contribution in [0.1, 0.15) is 64.9 Å². The molecule has 156 valence electrons. The summed E-state index contributed by atoms with van der Waals surface area (Å²) >= 11 is 0. The quantitative estimate of drug-likeness (QED) is 0.696. The summed E-state index contributed by atoms with van der Waals surface area (Å²) in [5.41, 5.74) is 5.71. The number of nitrogens with two attached hydrogens (primary N) is 1. The van der Waals surface area contributed by atoms with E-state index in [2.05, 4.69) is 5.32 Å². The van der Waals surface area contributed by atoms with Crippen LogP contribution < -0.4 is 11.1 Å². The summed E-state index contributed by atoms with van der Waals surface area (Å²) in [4.78, 5) is 25.2. The first-order valence-electron chi connectivity index (χ1n) is 10.1. The van der Waals surface area contributed by atoms with E-state index in [1.54, 1.807) is 0 Å². The van der Waals surface area contributed by atoms with Gasteiger partial charge in [-0.1, -0.05) is 25.7 Å². The third kappa shape index (κ3) is 6.88. The minimum absolute atomic E-state index is 0.173. The van der Waals surface area contributed by atoms with Gasteiger partial charge in [0.25, 0.3) is 0 Å². The Balaban J connectivity index is 2.18. The zero-order valence-electron chi connectivity index (χ0n) is 17.1. The molecule has 0 radical (unpaired) electrons. The van der Waals surface area contributed by atoms with Gasteiger partial charge in [-0.2, -0.15) is 0 Å². The van der Waals surface area contributed by atoms with Gasteiger partial charge in [-0.3, -0.25) is 9.59 Å².